The molecule has 20 heavy (non-hydrogen) atoms. The molecular weight excluding hydrogens is 488 g/mol. The zero-order valence-electron chi connectivity index (χ0n) is 14.5. The van der Waals surface area contributed by atoms with Gasteiger partial charge < -0.3 is 0 Å². The van der Waals surface area contributed by atoms with E-state index in [1.165, 1.54) is 6.42 Å². The van der Waals surface area contributed by atoms with Gasteiger partial charge in [0.25, 0.3) is 0 Å². The van der Waals surface area contributed by atoms with Crippen LogP contribution in [0.15, 0.2) is 21.6 Å². The van der Waals surface area contributed by atoms with Crippen LogP contribution in [0.1, 0.15) is 27.2 Å². The fourth-order valence-electron chi connectivity index (χ4n) is 3.27. The molecule has 121 valence electrons. The average molecular weight is 522 g/mol. The molecule has 6 heteroatoms. The van der Waals surface area contributed by atoms with Crippen LogP contribution < -0.4 is 3.30 Å². The van der Waals surface area contributed by atoms with Crippen LogP contribution in [0.25, 0.3) is 0 Å². The Morgan fingerprint density at radius 1 is 1.15 bits per heavy atom. The summed E-state index contributed by atoms with van der Waals surface area (Å²) in [6.07, 6.45) is 8.18. The summed E-state index contributed by atoms with van der Waals surface area (Å²) in [6, 6.07) is 0. The van der Waals surface area contributed by atoms with E-state index in [9.17, 15) is 0 Å². The Labute approximate surface area is 137 Å². The molecule has 0 saturated heterocycles. The summed E-state index contributed by atoms with van der Waals surface area (Å²) in [6.45, 7) is 17.1. The number of halogens is 2. The van der Waals surface area contributed by atoms with Gasteiger partial charge in [-0.2, -0.15) is 0 Å². The molecule has 0 heterocycles. The Hall–Kier alpha value is 1.32. The summed E-state index contributed by atoms with van der Waals surface area (Å²) in [4.78, 5) is 0. The van der Waals surface area contributed by atoms with E-state index in [0.29, 0.717) is 0 Å². The smallest absolute Gasteiger partial charge is 0.147 e. The van der Waals surface area contributed by atoms with E-state index in [2.05, 4.69) is 78.2 Å². The monoisotopic (exact) mass is 522 g/mol. The van der Waals surface area contributed by atoms with Crippen LogP contribution in [0.2, 0.25) is 29.0 Å². The minimum Gasteiger partial charge on any atom is -0.147 e. The fraction of sp³-hybridized carbons (Fsp3) is 0.714. The summed E-state index contributed by atoms with van der Waals surface area (Å²) in [5.41, 5.74) is 0.190. The Morgan fingerprint density at radius 3 is 1.85 bits per heavy atom. The van der Waals surface area contributed by atoms with Crippen LogP contribution in [0.3, 0.4) is 0 Å². The van der Waals surface area contributed by atoms with E-state index >= 15 is 0 Å². The van der Waals surface area contributed by atoms with Crippen LogP contribution >= 0.6 is 24.8 Å². The van der Waals surface area contributed by atoms with E-state index in [1.54, 1.807) is 3.33 Å². The Morgan fingerprint density at radius 2 is 1.60 bits per heavy atom. The first-order valence-corrected chi connectivity index (χ1v) is 35.1. The van der Waals surface area contributed by atoms with Crippen molar-refractivity contribution in [1.82, 2.24) is 3.30 Å². The zero-order valence-corrected chi connectivity index (χ0v) is 22.1. The van der Waals surface area contributed by atoms with Crippen LogP contribution in [-0.2, 0) is 15.1 Å². The first-order valence-electron chi connectivity index (χ1n) is 7.07. The molecule has 0 bridgehead atoms. The van der Waals surface area contributed by atoms with E-state index in [-0.39, 0.29) is 30.4 Å². The molecule has 0 radical (unpaired) electrons. The summed E-state index contributed by atoms with van der Waals surface area (Å²) in [5.74, 6) is 0. The second kappa shape index (κ2) is 5.75. The molecule has 1 rings (SSSR count). The van der Waals surface area contributed by atoms with Crippen molar-refractivity contribution in [2.45, 2.75) is 61.7 Å². The second-order valence-electron chi connectivity index (χ2n) is 9.56. The molecule has 0 aromatic carbocycles. The van der Waals surface area contributed by atoms with Gasteiger partial charge in [-0.1, -0.05) is 0 Å². The third-order valence-corrected chi connectivity index (χ3v) is 122. The van der Waals surface area contributed by atoms with Crippen molar-refractivity contribution in [3.05, 3.63) is 21.6 Å². The van der Waals surface area contributed by atoms with E-state index in [0.717, 1.165) is 0 Å². The molecular formula is C14H34Cl2HfNSi2. The van der Waals surface area contributed by atoms with Crippen molar-refractivity contribution in [3.8, 4) is 0 Å². The predicted molar refractivity (Wildman–Crippen MR) is 103 cm³/mol. The minimum absolute atomic E-state index is 0. The molecule has 0 unspecified atom stereocenters. The number of rotatable bonds is 3. The topological polar surface area (TPSA) is 12.0 Å². The molecule has 1 N–H and O–H groups in total. The summed E-state index contributed by atoms with van der Waals surface area (Å²) in [5, 5.41) is -1.33. The third kappa shape index (κ3) is 3.80. The normalized spacial score (nSPS) is 19.3. The van der Waals surface area contributed by atoms with Gasteiger partial charge in [-0.25, -0.2) is 0 Å². The quantitative estimate of drug-likeness (QED) is 0.532. The van der Waals surface area contributed by atoms with Gasteiger partial charge in [-0.15, -0.1) is 24.8 Å². The van der Waals surface area contributed by atoms with Gasteiger partial charge in [-0.3, -0.25) is 0 Å². The van der Waals surface area contributed by atoms with Gasteiger partial charge in [0.2, 0.25) is 0 Å². The maximum Gasteiger partial charge on any atom is -0.147 e. The van der Waals surface area contributed by atoms with Gasteiger partial charge in [-0.05, 0) is 0 Å². The summed E-state index contributed by atoms with van der Waals surface area (Å²) < 4.78 is 11.3. The Bertz CT molecular complexity index is 516. The third-order valence-electron chi connectivity index (χ3n) is 5.58. The van der Waals surface area contributed by atoms with Crippen molar-refractivity contribution >= 4 is 37.0 Å². The molecule has 1 aliphatic rings. The maximum absolute atomic E-state index is 4.24. The molecule has 0 amide bonds. The van der Waals surface area contributed by atoms with Gasteiger partial charge >= 0.3 is 114 Å². The second-order valence-corrected chi connectivity index (χ2v) is 101. The van der Waals surface area contributed by atoms with Crippen molar-refractivity contribution in [3.63, 3.8) is 0 Å². The summed E-state index contributed by atoms with van der Waals surface area (Å²) >= 11 is -3.67. The van der Waals surface area contributed by atoms with Crippen molar-refractivity contribution in [2.24, 2.45) is 0 Å². The van der Waals surface area contributed by atoms with Gasteiger partial charge in [0, 0.05) is 0 Å². The van der Waals surface area contributed by atoms with E-state index in [4.69, 9.17) is 0 Å². The molecule has 1 nitrogen and oxygen atoms in total. The number of hydrogen-bond donors (Lipinski definition) is 1. The van der Waals surface area contributed by atoms with Crippen LogP contribution in [0, 0.1) is 0 Å². The number of nitrogens with one attached hydrogen (secondary N) is 1. The molecule has 0 spiro atoms. The van der Waals surface area contributed by atoms with Crippen molar-refractivity contribution in [2.75, 3.05) is 0 Å². The van der Waals surface area contributed by atoms with Crippen molar-refractivity contribution < 1.29 is 15.1 Å². The summed E-state index contributed by atoms with van der Waals surface area (Å²) in [7, 11) is 0. The molecule has 0 aliphatic heterocycles. The molecule has 0 atom stereocenters. The van der Waals surface area contributed by atoms with Crippen molar-refractivity contribution in [1.29, 1.82) is 0 Å². The maximum atomic E-state index is 4.24. The van der Waals surface area contributed by atoms with Crippen LogP contribution in [0.4, 0.5) is 0 Å². The largest absolute Gasteiger partial charge is 0.147 e. The molecule has 1 aliphatic carbocycles. The van der Waals surface area contributed by atoms with Crippen LogP contribution in [-0.4, -0.2) is 17.7 Å². The first-order chi connectivity index (χ1) is 7.62. The van der Waals surface area contributed by atoms with E-state index < -0.39 is 20.4 Å². The molecule has 0 aromatic heterocycles. The SMILES string of the molecule is CC(C)(C)[NH][Hf]([CH3])([CH3])(=[SiH2])([C]1=CC=CC1)[Si](C)(C)C.Cl.Cl. The van der Waals surface area contributed by atoms with E-state index in [1.807, 2.05) is 0 Å². The Kier molecular flexibility index (Phi) is 6.78. The van der Waals surface area contributed by atoms with Gasteiger partial charge in [0.1, 0.15) is 0 Å². The van der Waals surface area contributed by atoms with Crippen LogP contribution in [0.5, 0.6) is 0 Å². The predicted octanol–water partition coefficient (Wildman–Crippen LogP) is 4.68. The molecule has 0 saturated carbocycles. The average Bonchev–Trinajstić information content (AvgIpc) is 2.46. The number of allylic oxidation sites excluding steroid dienone is 4. The first kappa shape index (κ1) is 23.6. The standard InChI is InChI=1S/C5H5.C4H10N.C3H9Si.2CH3.2ClH.Hf.H2Si/c1-2-4-5-3-1;1-4(2,3)5;1-4(2)3;;;;;;/h1-3H,4H2;5H,1-3H3;1-3H3;2*1H3;2*1H;;1H2/q;-1;;;;;;+1;. The fourth-order valence-corrected chi connectivity index (χ4v) is 46.4. The minimum atomic E-state index is -3.67. The van der Waals surface area contributed by atoms with Gasteiger partial charge in [0.15, 0.2) is 0 Å². The Balaban J connectivity index is 0. The zero-order chi connectivity index (χ0) is 14.5. The number of hydrogen-bond acceptors (Lipinski definition) is 1. The molecule has 0 aromatic rings. The van der Waals surface area contributed by atoms with Gasteiger partial charge in [0.05, 0.1) is 0 Å². The molecule has 0 fully saturated rings.